The summed E-state index contributed by atoms with van der Waals surface area (Å²) in [7, 11) is 0. The fourth-order valence-electron chi connectivity index (χ4n) is 2.59. The van der Waals surface area contributed by atoms with Crippen LogP contribution in [-0.2, 0) is 0 Å². The summed E-state index contributed by atoms with van der Waals surface area (Å²) in [6, 6.07) is 4.45. The molecule has 0 bridgehead atoms. The third kappa shape index (κ3) is 1.67. The minimum absolute atomic E-state index is 0.0388. The molecule has 1 spiro atoms. The molecule has 2 heterocycles. The lowest BCUT2D eigenvalue weighted by atomic mass is 9.88. The molecule has 1 fully saturated rings. The van der Waals surface area contributed by atoms with Crippen LogP contribution in [0.1, 0.15) is 33.6 Å². The normalized spacial score (nSPS) is 25.9. The van der Waals surface area contributed by atoms with E-state index in [0.29, 0.717) is 24.3 Å². The number of carboxylic acid groups (broad SMARTS) is 1. The maximum absolute atomic E-state index is 12.1. The van der Waals surface area contributed by atoms with Gasteiger partial charge in [0.2, 0.25) is 0 Å². The summed E-state index contributed by atoms with van der Waals surface area (Å²) in [5.41, 5.74) is 0.0630. The SMILES string of the molecule is O=C(O)c1ccc2c(c1)C(=O)CC1(CCNC1)O2. The fraction of sp³-hybridized carbons (Fsp3) is 0.385. The summed E-state index contributed by atoms with van der Waals surface area (Å²) in [4.78, 5) is 23.0. The van der Waals surface area contributed by atoms with Gasteiger partial charge in [-0.15, -0.1) is 0 Å². The maximum atomic E-state index is 12.1. The largest absolute Gasteiger partial charge is 0.485 e. The first-order valence-corrected chi connectivity index (χ1v) is 5.90. The van der Waals surface area contributed by atoms with Gasteiger partial charge in [0.1, 0.15) is 11.4 Å². The zero-order valence-electron chi connectivity index (χ0n) is 9.73. The van der Waals surface area contributed by atoms with Gasteiger partial charge in [-0.05, 0) is 24.7 Å². The molecule has 0 aliphatic carbocycles. The molecule has 1 aromatic rings. The Labute approximate surface area is 104 Å². The van der Waals surface area contributed by atoms with Crippen LogP contribution in [0.4, 0.5) is 0 Å². The van der Waals surface area contributed by atoms with E-state index in [2.05, 4.69) is 5.32 Å². The zero-order valence-corrected chi connectivity index (χ0v) is 9.73. The summed E-state index contributed by atoms with van der Waals surface area (Å²) in [5.74, 6) is -0.573. The number of nitrogens with one attached hydrogen (secondary N) is 1. The molecule has 3 rings (SSSR count). The summed E-state index contributed by atoms with van der Waals surface area (Å²) in [5, 5.41) is 12.1. The van der Waals surface area contributed by atoms with Crippen LogP contribution in [0.5, 0.6) is 5.75 Å². The van der Waals surface area contributed by atoms with Crippen LogP contribution >= 0.6 is 0 Å². The third-order valence-corrected chi connectivity index (χ3v) is 3.54. The van der Waals surface area contributed by atoms with Gasteiger partial charge in [0.05, 0.1) is 17.5 Å². The molecule has 0 amide bonds. The van der Waals surface area contributed by atoms with Crippen molar-refractivity contribution in [2.75, 3.05) is 13.1 Å². The fourth-order valence-corrected chi connectivity index (χ4v) is 2.59. The molecule has 5 nitrogen and oxygen atoms in total. The van der Waals surface area contributed by atoms with E-state index in [4.69, 9.17) is 9.84 Å². The van der Waals surface area contributed by atoms with Crippen LogP contribution in [0.15, 0.2) is 18.2 Å². The second kappa shape index (κ2) is 3.81. The number of fused-ring (bicyclic) bond motifs is 1. The quantitative estimate of drug-likeness (QED) is 0.776. The molecule has 1 saturated heterocycles. The van der Waals surface area contributed by atoms with Gasteiger partial charge < -0.3 is 15.2 Å². The van der Waals surface area contributed by atoms with Crippen LogP contribution in [0, 0.1) is 0 Å². The molecule has 18 heavy (non-hydrogen) atoms. The van der Waals surface area contributed by atoms with Gasteiger partial charge in [0.25, 0.3) is 0 Å². The molecule has 2 N–H and O–H groups in total. The topological polar surface area (TPSA) is 75.6 Å². The van der Waals surface area contributed by atoms with Crippen molar-refractivity contribution in [1.29, 1.82) is 0 Å². The van der Waals surface area contributed by atoms with Crippen molar-refractivity contribution in [3.05, 3.63) is 29.3 Å². The van der Waals surface area contributed by atoms with Crippen molar-refractivity contribution in [1.82, 2.24) is 5.32 Å². The summed E-state index contributed by atoms with van der Waals surface area (Å²) < 4.78 is 5.91. The Balaban J connectivity index is 2.01. The van der Waals surface area contributed by atoms with E-state index in [1.54, 1.807) is 6.07 Å². The number of ether oxygens (including phenoxy) is 1. The number of Topliss-reactive ketones (excluding diaryl/α,β-unsaturated/α-hetero) is 1. The number of ketones is 1. The van der Waals surface area contributed by atoms with E-state index in [0.717, 1.165) is 13.0 Å². The molecule has 2 aliphatic rings. The number of carbonyl (C=O) groups excluding carboxylic acids is 1. The number of hydrogen-bond donors (Lipinski definition) is 2. The number of aromatic carboxylic acids is 1. The molecular weight excluding hydrogens is 234 g/mol. The second-order valence-electron chi connectivity index (χ2n) is 4.83. The molecule has 5 heteroatoms. The monoisotopic (exact) mass is 247 g/mol. The van der Waals surface area contributed by atoms with Crippen LogP contribution in [-0.4, -0.2) is 35.5 Å². The highest BCUT2D eigenvalue weighted by molar-refractivity contribution is 6.02. The van der Waals surface area contributed by atoms with Gasteiger partial charge in [-0.2, -0.15) is 0 Å². The highest BCUT2D eigenvalue weighted by Gasteiger charge is 2.42. The highest BCUT2D eigenvalue weighted by Crippen LogP contribution is 2.36. The van der Waals surface area contributed by atoms with E-state index in [1.807, 2.05) is 0 Å². The molecule has 1 atom stereocenters. The minimum atomic E-state index is -1.03. The van der Waals surface area contributed by atoms with Crippen molar-refractivity contribution in [2.24, 2.45) is 0 Å². The van der Waals surface area contributed by atoms with Crippen molar-refractivity contribution in [3.8, 4) is 5.75 Å². The molecule has 0 radical (unpaired) electrons. The Kier molecular flexibility index (Phi) is 2.38. The Morgan fingerprint density at radius 1 is 1.44 bits per heavy atom. The maximum Gasteiger partial charge on any atom is 0.335 e. The summed E-state index contributed by atoms with van der Waals surface area (Å²) in [6.07, 6.45) is 1.12. The highest BCUT2D eigenvalue weighted by atomic mass is 16.5. The zero-order chi connectivity index (χ0) is 12.8. The smallest absolute Gasteiger partial charge is 0.335 e. The van der Waals surface area contributed by atoms with Gasteiger partial charge in [-0.1, -0.05) is 0 Å². The van der Waals surface area contributed by atoms with Gasteiger partial charge >= 0.3 is 5.97 Å². The summed E-state index contributed by atoms with van der Waals surface area (Å²) in [6.45, 7) is 1.51. The molecule has 1 aromatic carbocycles. The van der Waals surface area contributed by atoms with Crippen LogP contribution in [0.3, 0.4) is 0 Å². The Morgan fingerprint density at radius 2 is 2.28 bits per heavy atom. The number of carboxylic acids is 1. The standard InChI is InChI=1S/C13H13NO4/c15-10-6-13(3-4-14-7-13)18-11-2-1-8(12(16)17)5-9(10)11/h1-2,5,14H,3-4,6-7H2,(H,16,17). The molecule has 1 unspecified atom stereocenters. The number of rotatable bonds is 1. The lowest BCUT2D eigenvalue weighted by Crippen LogP contribution is -2.43. The van der Waals surface area contributed by atoms with E-state index in [9.17, 15) is 9.59 Å². The minimum Gasteiger partial charge on any atom is -0.485 e. The lowest BCUT2D eigenvalue weighted by Gasteiger charge is -2.34. The Hall–Kier alpha value is -1.88. The van der Waals surface area contributed by atoms with Crippen LogP contribution in [0.25, 0.3) is 0 Å². The average Bonchev–Trinajstić information content (AvgIpc) is 2.76. The van der Waals surface area contributed by atoms with Crippen molar-refractivity contribution in [3.63, 3.8) is 0 Å². The van der Waals surface area contributed by atoms with Crippen LogP contribution < -0.4 is 10.1 Å². The molecule has 94 valence electrons. The summed E-state index contributed by atoms with van der Waals surface area (Å²) >= 11 is 0. The molecule has 2 aliphatic heterocycles. The van der Waals surface area contributed by atoms with Crippen molar-refractivity contribution >= 4 is 11.8 Å². The first-order chi connectivity index (χ1) is 8.60. The van der Waals surface area contributed by atoms with E-state index < -0.39 is 11.6 Å². The predicted octanol–water partition coefficient (Wildman–Crippen LogP) is 1.08. The predicted molar refractivity (Wildman–Crippen MR) is 63.2 cm³/mol. The molecule has 0 saturated carbocycles. The number of hydrogen-bond acceptors (Lipinski definition) is 4. The van der Waals surface area contributed by atoms with E-state index in [1.165, 1.54) is 12.1 Å². The molecular formula is C13H13NO4. The lowest BCUT2D eigenvalue weighted by molar-refractivity contribution is 0.0528. The van der Waals surface area contributed by atoms with Crippen LogP contribution in [0.2, 0.25) is 0 Å². The number of benzene rings is 1. The Bertz CT molecular complexity index is 532. The second-order valence-corrected chi connectivity index (χ2v) is 4.83. The van der Waals surface area contributed by atoms with Crippen molar-refractivity contribution in [2.45, 2.75) is 18.4 Å². The molecule has 0 aromatic heterocycles. The van der Waals surface area contributed by atoms with Gasteiger partial charge in [-0.25, -0.2) is 4.79 Å². The third-order valence-electron chi connectivity index (χ3n) is 3.54. The van der Waals surface area contributed by atoms with Gasteiger partial charge in [0.15, 0.2) is 5.78 Å². The average molecular weight is 247 g/mol. The van der Waals surface area contributed by atoms with Gasteiger partial charge in [-0.3, -0.25) is 4.79 Å². The first kappa shape index (κ1) is 11.2. The van der Waals surface area contributed by atoms with Gasteiger partial charge in [0, 0.05) is 13.0 Å². The number of carbonyl (C=O) groups is 2. The first-order valence-electron chi connectivity index (χ1n) is 5.90. The van der Waals surface area contributed by atoms with E-state index >= 15 is 0 Å². The van der Waals surface area contributed by atoms with E-state index in [-0.39, 0.29) is 11.3 Å². The van der Waals surface area contributed by atoms with Crippen molar-refractivity contribution < 1.29 is 19.4 Å². The Morgan fingerprint density at radius 3 is 2.94 bits per heavy atom.